The van der Waals surface area contributed by atoms with Gasteiger partial charge in [-0.05, 0) is 17.7 Å². The summed E-state index contributed by atoms with van der Waals surface area (Å²) in [6.45, 7) is 1.48. The highest BCUT2D eigenvalue weighted by molar-refractivity contribution is 5.85. The number of rotatable bonds is 9. The lowest BCUT2D eigenvalue weighted by atomic mass is 10.1. The van der Waals surface area contributed by atoms with Crippen molar-refractivity contribution in [2.75, 3.05) is 7.11 Å². The third-order valence-electron chi connectivity index (χ3n) is 4.02. The first-order valence-corrected chi connectivity index (χ1v) is 8.74. The maximum absolute atomic E-state index is 12.4. The van der Waals surface area contributed by atoms with Gasteiger partial charge in [-0.2, -0.15) is 8.78 Å². The number of halogens is 2. The van der Waals surface area contributed by atoms with Crippen LogP contribution in [-0.2, 0) is 20.9 Å². The maximum Gasteiger partial charge on any atom is 0.387 e. The van der Waals surface area contributed by atoms with Crippen molar-refractivity contribution in [2.45, 2.75) is 45.4 Å². The molecule has 0 radical (unpaired) electrons. The van der Waals surface area contributed by atoms with Crippen LogP contribution >= 0.6 is 0 Å². The van der Waals surface area contributed by atoms with Gasteiger partial charge in [-0.25, -0.2) is 9.78 Å². The average molecular weight is 395 g/mol. The first-order chi connectivity index (χ1) is 13.3. The summed E-state index contributed by atoms with van der Waals surface area (Å²) in [4.78, 5) is 28.7. The number of imidazole rings is 1. The molecule has 1 N–H and O–H groups in total. The molecule has 9 heteroatoms. The zero-order valence-corrected chi connectivity index (χ0v) is 15.9. The van der Waals surface area contributed by atoms with Crippen LogP contribution < -0.4 is 10.1 Å². The van der Waals surface area contributed by atoms with Gasteiger partial charge in [-0.1, -0.05) is 26.0 Å². The summed E-state index contributed by atoms with van der Waals surface area (Å²) in [6, 6.07) is 4.39. The topological polar surface area (TPSA) is 82.5 Å². The number of ether oxygens (including phenoxy) is 2. The van der Waals surface area contributed by atoms with Crippen LogP contribution in [0.3, 0.4) is 0 Å². The normalized spacial score (nSPS) is 12.1. The van der Waals surface area contributed by atoms with E-state index in [-0.39, 0.29) is 24.0 Å². The van der Waals surface area contributed by atoms with E-state index in [1.807, 2.05) is 18.4 Å². The van der Waals surface area contributed by atoms with Gasteiger partial charge in [-0.15, -0.1) is 0 Å². The van der Waals surface area contributed by atoms with Crippen LogP contribution in [0.25, 0.3) is 0 Å². The Morgan fingerprint density at radius 3 is 2.46 bits per heavy atom. The number of nitrogens with one attached hydrogen (secondary N) is 1. The number of hydrogen-bond donors (Lipinski definition) is 1. The van der Waals surface area contributed by atoms with Gasteiger partial charge < -0.3 is 19.4 Å². The number of aromatic nitrogens is 2. The Morgan fingerprint density at radius 2 is 1.89 bits per heavy atom. The summed E-state index contributed by atoms with van der Waals surface area (Å²) in [5, 5.41) is 2.62. The number of benzene rings is 1. The molecule has 0 spiro atoms. The van der Waals surface area contributed by atoms with Crippen LogP contribution in [0.2, 0.25) is 0 Å². The number of carbonyl (C=O) groups excluding carboxylic acids is 2. The lowest BCUT2D eigenvalue weighted by molar-refractivity contribution is -0.145. The van der Waals surface area contributed by atoms with Gasteiger partial charge in [0.25, 0.3) is 0 Å². The first kappa shape index (κ1) is 21.3. The van der Waals surface area contributed by atoms with Crippen LogP contribution in [0.4, 0.5) is 8.78 Å². The van der Waals surface area contributed by atoms with Crippen molar-refractivity contribution in [1.82, 2.24) is 14.9 Å². The van der Waals surface area contributed by atoms with E-state index in [2.05, 4.69) is 15.0 Å². The highest BCUT2D eigenvalue weighted by Crippen LogP contribution is 2.21. The molecule has 1 amide bonds. The van der Waals surface area contributed by atoms with Gasteiger partial charge in [-0.3, -0.25) is 4.79 Å². The molecule has 0 aliphatic carbocycles. The van der Waals surface area contributed by atoms with E-state index in [1.54, 1.807) is 12.4 Å². The van der Waals surface area contributed by atoms with Crippen molar-refractivity contribution in [1.29, 1.82) is 0 Å². The minimum absolute atomic E-state index is 0.0463. The van der Waals surface area contributed by atoms with Gasteiger partial charge in [0.1, 0.15) is 11.6 Å². The third-order valence-corrected chi connectivity index (χ3v) is 4.02. The predicted molar refractivity (Wildman–Crippen MR) is 96.9 cm³/mol. The summed E-state index contributed by atoms with van der Waals surface area (Å²) in [7, 11) is 1.20. The van der Waals surface area contributed by atoms with Gasteiger partial charge in [0.15, 0.2) is 6.04 Å². The number of amides is 1. The second kappa shape index (κ2) is 9.82. The fraction of sp³-hybridized carbons (Fsp3) is 0.421. The maximum atomic E-state index is 12.4. The fourth-order valence-corrected chi connectivity index (χ4v) is 2.70. The molecular weight excluding hydrogens is 372 g/mol. The Balaban J connectivity index is 2.04. The molecule has 0 fully saturated rings. The quantitative estimate of drug-likeness (QED) is 0.660. The van der Waals surface area contributed by atoms with Crippen LogP contribution in [0.5, 0.6) is 5.75 Å². The van der Waals surface area contributed by atoms with Crippen molar-refractivity contribution in [3.8, 4) is 5.75 Å². The molecule has 152 valence electrons. The van der Waals surface area contributed by atoms with Crippen molar-refractivity contribution in [3.05, 3.63) is 48.0 Å². The molecule has 1 heterocycles. The Labute approximate surface area is 161 Å². The lowest BCUT2D eigenvalue weighted by Gasteiger charge is -2.18. The van der Waals surface area contributed by atoms with Crippen LogP contribution in [-0.4, -0.2) is 35.1 Å². The highest BCUT2D eigenvalue weighted by Gasteiger charge is 2.24. The zero-order valence-electron chi connectivity index (χ0n) is 15.9. The van der Waals surface area contributed by atoms with E-state index in [0.29, 0.717) is 12.1 Å². The van der Waals surface area contributed by atoms with Gasteiger partial charge >= 0.3 is 12.6 Å². The summed E-state index contributed by atoms with van der Waals surface area (Å²) in [6.07, 6.45) is 3.60. The molecule has 1 aromatic carbocycles. The minimum Gasteiger partial charge on any atom is -0.467 e. The van der Waals surface area contributed by atoms with E-state index in [1.165, 1.54) is 31.4 Å². The van der Waals surface area contributed by atoms with E-state index in [4.69, 9.17) is 4.74 Å². The number of alkyl halides is 2. The molecule has 0 saturated heterocycles. The average Bonchev–Trinajstić information content (AvgIpc) is 3.13. The highest BCUT2D eigenvalue weighted by atomic mass is 19.3. The molecule has 0 aliphatic heterocycles. The first-order valence-electron chi connectivity index (χ1n) is 8.74. The van der Waals surface area contributed by atoms with Gasteiger partial charge in [0.05, 0.1) is 7.11 Å². The summed E-state index contributed by atoms with van der Waals surface area (Å²) >= 11 is 0. The van der Waals surface area contributed by atoms with E-state index in [0.717, 1.165) is 5.82 Å². The van der Waals surface area contributed by atoms with E-state index >= 15 is 0 Å². The van der Waals surface area contributed by atoms with Crippen molar-refractivity contribution in [2.24, 2.45) is 0 Å². The summed E-state index contributed by atoms with van der Waals surface area (Å²) in [5.41, 5.74) is 0.396. The number of hydrogen-bond acceptors (Lipinski definition) is 5. The van der Waals surface area contributed by atoms with Crippen molar-refractivity contribution < 1.29 is 27.8 Å². The molecule has 2 aromatic rings. The van der Waals surface area contributed by atoms with Crippen LogP contribution in [0, 0.1) is 0 Å². The molecule has 2 rings (SSSR count). The van der Waals surface area contributed by atoms with Crippen LogP contribution in [0.15, 0.2) is 36.7 Å². The van der Waals surface area contributed by atoms with Crippen LogP contribution in [0.1, 0.15) is 43.6 Å². The van der Waals surface area contributed by atoms with E-state index in [9.17, 15) is 18.4 Å². The fourth-order valence-electron chi connectivity index (χ4n) is 2.70. The molecular formula is C19H23F2N3O4. The minimum atomic E-state index is -2.94. The second-order valence-electron chi connectivity index (χ2n) is 6.35. The molecule has 1 aromatic heterocycles. The number of carbonyl (C=O) groups is 2. The zero-order chi connectivity index (χ0) is 20.7. The lowest BCUT2D eigenvalue weighted by Crippen LogP contribution is -2.35. The Kier molecular flexibility index (Phi) is 7.48. The molecule has 0 saturated carbocycles. The van der Waals surface area contributed by atoms with Crippen molar-refractivity contribution in [3.63, 3.8) is 0 Å². The van der Waals surface area contributed by atoms with Gasteiger partial charge in [0, 0.05) is 31.3 Å². The number of methoxy groups -OCH3 is 1. The molecule has 0 unspecified atom stereocenters. The summed E-state index contributed by atoms with van der Waals surface area (Å²) in [5.74, 6) is 0.0184. The smallest absolute Gasteiger partial charge is 0.387 e. The van der Waals surface area contributed by atoms with E-state index < -0.39 is 18.6 Å². The summed E-state index contributed by atoms with van der Waals surface area (Å²) < 4.78 is 35.4. The Hall–Kier alpha value is -2.97. The van der Waals surface area contributed by atoms with Crippen molar-refractivity contribution >= 4 is 11.9 Å². The standard InChI is InChI=1S/C19H23F2N3O4/c1-12(2)17-22-9-11-24(17)10-8-15(25)23-16(18(26)27-3)13-4-6-14(7-5-13)28-19(20)21/h4-7,9,11-12,16,19H,8,10H2,1-3H3,(H,23,25)/t16-/m1/s1. The third kappa shape index (κ3) is 5.77. The van der Waals surface area contributed by atoms with Gasteiger partial charge in [0.2, 0.25) is 5.91 Å². The Morgan fingerprint density at radius 1 is 1.21 bits per heavy atom. The molecule has 0 aliphatic rings. The Bertz CT molecular complexity index is 791. The molecule has 1 atom stereocenters. The number of esters is 1. The molecule has 28 heavy (non-hydrogen) atoms. The molecule has 0 bridgehead atoms. The number of nitrogens with zero attached hydrogens (tertiary/aromatic N) is 2. The molecule has 7 nitrogen and oxygen atoms in total. The second-order valence-corrected chi connectivity index (χ2v) is 6.35. The largest absolute Gasteiger partial charge is 0.467 e. The predicted octanol–water partition coefficient (Wildman–Crippen LogP) is 3.03. The monoisotopic (exact) mass is 395 g/mol. The SMILES string of the molecule is COC(=O)[C@H](NC(=O)CCn1ccnc1C(C)C)c1ccc(OC(F)F)cc1. The number of aryl methyl sites for hydroxylation is 1.